The van der Waals surface area contributed by atoms with Gasteiger partial charge in [-0.25, -0.2) is 0 Å². The highest BCUT2D eigenvalue weighted by Gasteiger charge is 2.75. The van der Waals surface area contributed by atoms with Crippen LogP contribution in [-0.2, 0) is 33.9 Å². The highest BCUT2D eigenvalue weighted by Crippen LogP contribution is 2.76. The van der Waals surface area contributed by atoms with Crippen molar-refractivity contribution in [1.82, 2.24) is 0 Å². The van der Waals surface area contributed by atoms with E-state index in [4.69, 9.17) is 13.8 Å². The van der Waals surface area contributed by atoms with Gasteiger partial charge < -0.3 is 13.8 Å². The number of hydrogen-bond donors (Lipinski definition) is 0. The normalized spacial score (nSPS) is 23.9. The molecule has 0 unspecified atom stereocenters. The standard InChI is InChI=1S/C17H25O6PS/c1-5-21-16(18)15-12-17(15,24(19,22-6-2)23-7-3)25(20)14-10-8-13(4)9-11-14/h8-11,15H,5-7,12H2,1-4H3/t15-,17-,25-/m0/s1. The van der Waals surface area contributed by atoms with Gasteiger partial charge in [0.25, 0.3) is 0 Å². The summed E-state index contributed by atoms with van der Waals surface area (Å²) in [5, 5.41) is 0. The van der Waals surface area contributed by atoms with Crippen LogP contribution in [0.5, 0.6) is 0 Å². The Balaban J connectivity index is 2.47. The lowest BCUT2D eigenvalue weighted by Gasteiger charge is -2.26. The molecule has 6 nitrogen and oxygen atoms in total. The maximum Gasteiger partial charge on any atom is 0.350 e. The second kappa shape index (κ2) is 8.12. The van der Waals surface area contributed by atoms with E-state index < -0.39 is 34.8 Å². The predicted molar refractivity (Wildman–Crippen MR) is 95.9 cm³/mol. The average molecular weight is 388 g/mol. The molecule has 1 aromatic carbocycles. The molecular formula is C17H25O6PS. The minimum Gasteiger partial charge on any atom is -0.466 e. The van der Waals surface area contributed by atoms with Gasteiger partial charge >= 0.3 is 13.6 Å². The van der Waals surface area contributed by atoms with Gasteiger partial charge in [0.15, 0.2) is 4.49 Å². The van der Waals surface area contributed by atoms with Crippen molar-refractivity contribution in [2.75, 3.05) is 19.8 Å². The van der Waals surface area contributed by atoms with Crippen molar-refractivity contribution in [3.63, 3.8) is 0 Å². The van der Waals surface area contributed by atoms with Crippen molar-refractivity contribution in [3.05, 3.63) is 29.8 Å². The Morgan fingerprint density at radius 1 is 1.16 bits per heavy atom. The number of rotatable bonds is 9. The molecule has 0 bridgehead atoms. The Morgan fingerprint density at radius 2 is 1.72 bits per heavy atom. The summed E-state index contributed by atoms with van der Waals surface area (Å²) in [5.74, 6) is -1.28. The van der Waals surface area contributed by atoms with Crippen LogP contribution in [-0.4, -0.2) is 34.5 Å². The molecule has 2 rings (SSSR count). The number of carbonyl (C=O) groups excluding carboxylic acids is 1. The number of hydrogen-bond acceptors (Lipinski definition) is 6. The third kappa shape index (κ3) is 3.75. The first kappa shape index (κ1) is 20.3. The van der Waals surface area contributed by atoms with E-state index in [1.807, 2.05) is 19.1 Å². The molecule has 0 radical (unpaired) electrons. The summed E-state index contributed by atoms with van der Waals surface area (Å²) in [6.45, 7) is 7.48. The fourth-order valence-electron chi connectivity index (χ4n) is 2.81. The minimum absolute atomic E-state index is 0.139. The van der Waals surface area contributed by atoms with Crippen LogP contribution in [0.15, 0.2) is 29.2 Å². The second-order valence-corrected chi connectivity index (χ2v) is 10.1. The summed E-state index contributed by atoms with van der Waals surface area (Å²) in [7, 11) is -5.51. The number of aryl methyl sites for hydroxylation is 1. The lowest BCUT2D eigenvalue weighted by atomic mass is 10.2. The van der Waals surface area contributed by atoms with Crippen LogP contribution in [0.1, 0.15) is 32.8 Å². The first-order valence-electron chi connectivity index (χ1n) is 8.40. The average Bonchev–Trinajstić information content (AvgIpc) is 3.33. The Kier molecular flexibility index (Phi) is 6.60. The van der Waals surface area contributed by atoms with Crippen molar-refractivity contribution in [2.24, 2.45) is 5.92 Å². The van der Waals surface area contributed by atoms with Crippen LogP contribution >= 0.6 is 7.60 Å². The smallest absolute Gasteiger partial charge is 0.350 e. The quantitative estimate of drug-likeness (QED) is 0.475. The van der Waals surface area contributed by atoms with Crippen LogP contribution < -0.4 is 0 Å². The van der Waals surface area contributed by atoms with Crippen LogP contribution in [0.4, 0.5) is 0 Å². The van der Waals surface area contributed by atoms with Crippen molar-refractivity contribution in [1.29, 1.82) is 0 Å². The molecule has 0 amide bonds. The molecule has 1 aliphatic carbocycles. The SMILES string of the molecule is CCOC(=O)[C@@H]1C[C@@]1([S@@](=O)c1ccc(C)cc1)P(=O)(OCC)OCC. The lowest BCUT2D eigenvalue weighted by molar-refractivity contribution is -0.144. The molecule has 0 aromatic heterocycles. The first-order chi connectivity index (χ1) is 11.9. The van der Waals surface area contributed by atoms with E-state index in [0.29, 0.717) is 4.90 Å². The molecule has 8 heteroatoms. The predicted octanol–water partition coefficient (Wildman–Crippen LogP) is 3.65. The number of benzene rings is 1. The zero-order valence-electron chi connectivity index (χ0n) is 15.0. The van der Waals surface area contributed by atoms with Crippen LogP contribution in [0, 0.1) is 12.8 Å². The van der Waals surface area contributed by atoms with E-state index >= 15 is 0 Å². The van der Waals surface area contributed by atoms with E-state index in [1.54, 1.807) is 32.9 Å². The van der Waals surface area contributed by atoms with E-state index in [1.165, 1.54) is 0 Å². The van der Waals surface area contributed by atoms with Gasteiger partial charge in [-0.2, -0.15) is 0 Å². The molecule has 0 spiro atoms. The largest absolute Gasteiger partial charge is 0.466 e. The highest BCUT2D eigenvalue weighted by molar-refractivity contribution is 7.95. The van der Waals surface area contributed by atoms with Gasteiger partial charge in [-0.1, -0.05) is 17.7 Å². The van der Waals surface area contributed by atoms with Gasteiger partial charge in [-0.3, -0.25) is 13.6 Å². The maximum atomic E-state index is 13.5. The molecule has 0 aliphatic heterocycles. The molecule has 0 heterocycles. The zero-order valence-corrected chi connectivity index (χ0v) is 16.7. The molecule has 0 N–H and O–H groups in total. The van der Waals surface area contributed by atoms with Gasteiger partial charge in [0.2, 0.25) is 0 Å². The zero-order chi connectivity index (χ0) is 18.7. The summed E-state index contributed by atoms with van der Waals surface area (Å²) < 4.78 is 41.4. The van der Waals surface area contributed by atoms with Gasteiger partial charge in [0.05, 0.1) is 36.5 Å². The van der Waals surface area contributed by atoms with Gasteiger partial charge in [-0.05, 0) is 46.2 Å². The summed E-state index contributed by atoms with van der Waals surface area (Å²) in [6.07, 6.45) is 0.156. The fourth-order valence-corrected chi connectivity index (χ4v) is 7.81. The number of esters is 1. The Labute approximate surface area is 151 Å². The highest BCUT2D eigenvalue weighted by atomic mass is 32.2. The van der Waals surface area contributed by atoms with E-state index in [-0.39, 0.29) is 26.2 Å². The van der Waals surface area contributed by atoms with Crippen molar-refractivity contribution in [2.45, 2.75) is 43.5 Å². The molecule has 1 saturated carbocycles. The number of carbonyl (C=O) groups is 1. The molecule has 3 atom stereocenters. The van der Waals surface area contributed by atoms with Crippen molar-refractivity contribution in [3.8, 4) is 0 Å². The van der Waals surface area contributed by atoms with E-state index in [0.717, 1.165) is 5.56 Å². The summed E-state index contributed by atoms with van der Waals surface area (Å²) in [6, 6.07) is 7.09. The maximum absolute atomic E-state index is 13.5. The topological polar surface area (TPSA) is 78.9 Å². The third-order valence-electron chi connectivity index (χ3n) is 4.07. The molecule has 140 valence electrons. The molecular weight excluding hydrogens is 363 g/mol. The van der Waals surface area contributed by atoms with Crippen LogP contribution in [0.25, 0.3) is 0 Å². The Bertz CT molecular complexity index is 679. The van der Waals surface area contributed by atoms with Gasteiger partial charge in [0.1, 0.15) is 0 Å². The monoisotopic (exact) mass is 388 g/mol. The lowest BCUT2D eigenvalue weighted by Crippen LogP contribution is -2.27. The summed E-state index contributed by atoms with van der Waals surface area (Å²) in [4.78, 5) is 12.8. The molecule has 25 heavy (non-hydrogen) atoms. The van der Waals surface area contributed by atoms with Crippen LogP contribution in [0.3, 0.4) is 0 Å². The first-order valence-corrected chi connectivity index (χ1v) is 11.1. The summed E-state index contributed by atoms with van der Waals surface area (Å²) in [5.41, 5.74) is 1.02. The molecule has 1 aromatic rings. The van der Waals surface area contributed by atoms with Gasteiger partial charge in [0, 0.05) is 4.90 Å². The summed E-state index contributed by atoms with van der Waals surface area (Å²) >= 11 is 0. The van der Waals surface area contributed by atoms with Crippen LogP contribution in [0.2, 0.25) is 0 Å². The molecule has 1 aliphatic rings. The Morgan fingerprint density at radius 3 is 2.20 bits per heavy atom. The third-order valence-corrected chi connectivity index (χ3v) is 9.65. The molecule has 0 saturated heterocycles. The van der Waals surface area contributed by atoms with E-state index in [2.05, 4.69) is 0 Å². The minimum atomic E-state index is -3.78. The van der Waals surface area contributed by atoms with Crippen molar-refractivity contribution < 1.29 is 27.4 Å². The van der Waals surface area contributed by atoms with E-state index in [9.17, 15) is 13.6 Å². The number of ether oxygens (including phenoxy) is 1. The van der Waals surface area contributed by atoms with Gasteiger partial charge in [-0.15, -0.1) is 0 Å². The van der Waals surface area contributed by atoms with Crippen molar-refractivity contribution >= 4 is 24.4 Å². The second-order valence-electron chi connectivity index (χ2n) is 5.77. The fraction of sp³-hybridized carbons (Fsp3) is 0.588. The Hall–Kier alpha value is -1.01. The molecule has 1 fully saturated rings.